The quantitative estimate of drug-likeness (QED) is 0.712. The Kier molecular flexibility index (Phi) is 3.51. The van der Waals surface area contributed by atoms with Gasteiger partial charge in [0.2, 0.25) is 0 Å². The first-order valence-corrected chi connectivity index (χ1v) is 8.14. The van der Waals surface area contributed by atoms with E-state index >= 15 is 0 Å². The van der Waals surface area contributed by atoms with Crippen molar-refractivity contribution in [3.63, 3.8) is 0 Å². The Balaban J connectivity index is 1.65. The summed E-state index contributed by atoms with van der Waals surface area (Å²) in [6.07, 6.45) is 11.0. The van der Waals surface area contributed by atoms with E-state index in [1.807, 2.05) is 0 Å². The Labute approximate surface area is 136 Å². The molecule has 0 fully saturated rings. The van der Waals surface area contributed by atoms with Gasteiger partial charge in [0.1, 0.15) is 0 Å². The van der Waals surface area contributed by atoms with Gasteiger partial charge in [0.05, 0.1) is 0 Å². The van der Waals surface area contributed by atoms with Crippen LogP contribution < -0.4 is 0 Å². The zero-order chi connectivity index (χ0) is 15.6. The molecule has 0 unspecified atom stereocenters. The van der Waals surface area contributed by atoms with Gasteiger partial charge in [-0.3, -0.25) is 0 Å². The zero-order valence-corrected chi connectivity index (χ0v) is 13.3. The molecule has 114 valence electrons. The van der Waals surface area contributed by atoms with Crippen LogP contribution in [-0.2, 0) is 0 Å². The first-order valence-electron chi connectivity index (χ1n) is 8.14. The Morgan fingerprint density at radius 2 is 1.91 bits per heavy atom. The zero-order valence-electron chi connectivity index (χ0n) is 13.3. The molecule has 2 aromatic carbocycles. The smallest absolute Gasteiger partial charge is 0.0465 e. The molecule has 4 rings (SSSR count). The fourth-order valence-corrected chi connectivity index (χ4v) is 3.06. The van der Waals surface area contributed by atoms with Gasteiger partial charge in [0, 0.05) is 34.9 Å². The molecule has 3 aromatic rings. The van der Waals surface area contributed by atoms with Gasteiger partial charge in [-0.05, 0) is 48.5 Å². The number of fused-ring (bicyclic) bond motifs is 3. The topological polar surface area (TPSA) is 19.0 Å². The van der Waals surface area contributed by atoms with Crippen LogP contribution in [0.1, 0.15) is 12.5 Å². The summed E-state index contributed by atoms with van der Waals surface area (Å²) in [5.41, 5.74) is 4.89. The van der Waals surface area contributed by atoms with Gasteiger partial charge < -0.3 is 9.88 Å². The van der Waals surface area contributed by atoms with Crippen molar-refractivity contribution in [3.05, 3.63) is 78.0 Å². The maximum Gasteiger partial charge on any atom is 0.0465 e. The van der Waals surface area contributed by atoms with Crippen LogP contribution in [0.3, 0.4) is 0 Å². The van der Waals surface area contributed by atoms with Crippen molar-refractivity contribution in [1.29, 1.82) is 0 Å². The first kappa shape index (κ1) is 13.9. The second-order valence-electron chi connectivity index (χ2n) is 5.92. The molecular weight excluding hydrogens is 280 g/mol. The summed E-state index contributed by atoms with van der Waals surface area (Å²) in [5, 5.41) is 2.57. The fourth-order valence-electron chi connectivity index (χ4n) is 3.06. The van der Waals surface area contributed by atoms with Gasteiger partial charge in [0.15, 0.2) is 0 Å². The lowest BCUT2D eigenvalue weighted by Gasteiger charge is -2.19. The molecule has 0 atom stereocenters. The lowest BCUT2D eigenvalue weighted by atomic mass is 10.1. The van der Waals surface area contributed by atoms with E-state index in [1.165, 1.54) is 32.9 Å². The predicted octanol–water partition coefficient (Wildman–Crippen LogP) is 5.11. The molecule has 0 amide bonds. The van der Waals surface area contributed by atoms with E-state index < -0.39 is 0 Å². The van der Waals surface area contributed by atoms with Gasteiger partial charge in [0.25, 0.3) is 0 Å². The molecule has 23 heavy (non-hydrogen) atoms. The lowest BCUT2D eigenvalue weighted by Crippen LogP contribution is -2.18. The van der Waals surface area contributed by atoms with E-state index in [2.05, 4.69) is 89.8 Å². The minimum Gasteiger partial charge on any atom is -0.374 e. The number of para-hydroxylation sites is 1. The number of allylic oxidation sites excluding steroid dienone is 3. The van der Waals surface area contributed by atoms with Crippen molar-refractivity contribution in [3.8, 4) is 0 Å². The lowest BCUT2D eigenvalue weighted by molar-refractivity contribution is 0.434. The van der Waals surface area contributed by atoms with Crippen molar-refractivity contribution >= 4 is 27.9 Å². The van der Waals surface area contributed by atoms with E-state index in [1.54, 1.807) is 0 Å². The Hall–Kier alpha value is -2.74. The molecule has 0 saturated heterocycles. The summed E-state index contributed by atoms with van der Waals surface area (Å²) in [4.78, 5) is 5.76. The van der Waals surface area contributed by atoms with Gasteiger partial charge in [-0.1, -0.05) is 42.5 Å². The van der Waals surface area contributed by atoms with Gasteiger partial charge in [-0.25, -0.2) is 0 Å². The molecule has 0 bridgehead atoms. The molecular formula is C21H20N2. The molecule has 2 heteroatoms. The number of aromatic amines is 1. The highest BCUT2D eigenvalue weighted by atomic mass is 15.1. The number of benzene rings is 2. The third kappa shape index (κ3) is 2.68. The summed E-state index contributed by atoms with van der Waals surface area (Å²) >= 11 is 0. The Bertz CT molecular complexity index is 941. The Morgan fingerprint density at radius 3 is 2.74 bits per heavy atom. The average Bonchev–Trinajstić information content (AvgIpc) is 2.98. The monoisotopic (exact) mass is 300 g/mol. The highest BCUT2D eigenvalue weighted by molar-refractivity contribution is 6.07. The van der Waals surface area contributed by atoms with Crippen LogP contribution >= 0.6 is 0 Å². The molecule has 0 spiro atoms. The van der Waals surface area contributed by atoms with Gasteiger partial charge in [-0.15, -0.1) is 0 Å². The molecule has 1 aromatic heterocycles. The minimum absolute atomic E-state index is 0.994. The normalized spacial score (nSPS) is 15.0. The van der Waals surface area contributed by atoms with E-state index in [9.17, 15) is 0 Å². The van der Waals surface area contributed by atoms with Crippen molar-refractivity contribution in [2.45, 2.75) is 6.92 Å². The van der Waals surface area contributed by atoms with Crippen LogP contribution in [0.25, 0.3) is 27.9 Å². The van der Waals surface area contributed by atoms with Crippen molar-refractivity contribution < 1.29 is 0 Å². The molecule has 2 nitrogen and oxygen atoms in total. The SMILES string of the molecule is CCN1C=CC(/C=C/c2ccc3[nH]c4ccccc4c3c2)=CC1. The number of hydrogen-bond acceptors (Lipinski definition) is 1. The highest BCUT2D eigenvalue weighted by Crippen LogP contribution is 2.26. The van der Waals surface area contributed by atoms with Gasteiger partial charge >= 0.3 is 0 Å². The molecule has 2 heterocycles. The fraction of sp³-hybridized carbons (Fsp3) is 0.143. The van der Waals surface area contributed by atoms with E-state index in [4.69, 9.17) is 0 Å². The number of aromatic nitrogens is 1. The number of nitrogens with one attached hydrogen (secondary N) is 1. The number of likely N-dealkylation sites (N-methyl/N-ethyl adjacent to an activating group) is 1. The summed E-state index contributed by atoms with van der Waals surface area (Å²) in [6.45, 7) is 4.23. The van der Waals surface area contributed by atoms with E-state index in [-0.39, 0.29) is 0 Å². The van der Waals surface area contributed by atoms with Crippen LogP contribution in [0, 0.1) is 0 Å². The summed E-state index contributed by atoms with van der Waals surface area (Å²) < 4.78 is 0. The second-order valence-corrected chi connectivity index (χ2v) is 5.92. The number of rotatable bonds is 3. The van der Waals surface area contributed by atoms with E-state index in [0.717, 1.165) is 13.1 Å². The maximum atomic E-state index is 3.47. The molecule has 0 aliphatic carbocycles. The third-order valence-electron chi connectivity index (χ3n) is 4.44. The third-order valence-corrected chi connectivity index (χ3v) is 4.44. The number of H-pyrrole nitrogens is 1. The highest BCUT2D eigenvalue weighted by Gasteiger charge is 2.04. The first-order chi connectivity index (χ1) is 11.3. The summed E-state index contributed by atoms with van der Waals surface area (Å²) in [7, 11) is 0. The van der Waals surface area contributed by atoms with Crippen molar-refractivity contribution in [2.24, 2.45) is 0 Å². The predicted molar refractivity (Wildman–Crippen MR) is 99.3 cm³/mol. The van der Waals surface area contributed by atoms with Crippen LogP contribution in [0.2, 0.25) is 0 Å². The second kappa shape index (κ2) is 5.81. The standard InChI is InChI=1S/C21H20N2/c1-2-23-13-11-16(12-14-23)7-8-17-9-10-21-19(15-17)18-5-3-4-6-20(18)22-21/h3-13,15,22H,2,14H2,1H3/b8-7+. The van der Waals surface area contributed by atoms with Crippen LogP contribution in [0.5, 0.6) is 0 Å². The maximum absolute atomic E-state index is 3.47. The minimum atomic E-state index is 0.994. The van der Waals surface area contributed by atoms with Crippen molar-refractivity contribution in [2.75, 3.05) is 13.1 Å². The van der Waals surface area contributed by atoms with Crippen LogP contribution in [0.4, 0.5) is 0 Å². The number of hydrogen-bond donors (Lipinski definition) is 1. The molecule has 1 aliphatic rings. The average molecular weight is 300 g/mol. The van der Waals surface area contributed by atoms with Crippen LogP contribution in [-0.4, -0.2) is 23.0 Å². The van der Waals surface area contributed by atoms with Crippen LogP contribution in [0.15, 0.2) is 72.5 Å². The molecule has 1 aliphatic heterocycles. The largest absolute Gasteiger partial charge is 0.374 e. The van der Waals surface area contributed by atoms with Crippen molar-refractivity contribution in [1.82, 2.24) is 9.88 Å². The summed E-state index contributed by atoms with van der Waals surface area (Å²) in [5.74, 6) is 0. The van der Waals surface area contributed by atoms with Gasteiger partial charge in [-0.2, -0.15) is 0 Å². The Morgan fingerprint density at radius 1 is 1.04 bits per heavy atom. The number of nitrogens with zero attached hydrogens (tertiary/aromatic N) is 1. The molecule has 0 radical (unpaired) electrons. The van der Waals surface area contributed by atoms with E-state index in [0.29, 0.717) is 0 Å². The summed E-state index contributed by atoms with van der Waals surface area (Å²) in [6, 6.07) is 15.1. The molecule has 1 N–H and O–H groups in total. The molecule has 0 saturated carbocycles.